The normalized spacial score (nSPS) is 10.6. The first-order valence-electron chi connectivity index (χ1n) is 7.90. The van der Waals surface area contributed by atoms with Gasteiger partial charge in [0, 0.05) is 16.6 Å². The summed E-state index contributed by atoms with van der Waals surface area (Å²) in [6.07, 6.45) is 0.295. The molecule has 0 unspecified atom stereocenters. The van der Waals surface area contributed by atoms with Crippen molar-refractivity contribution in [3.05, 3.63) is 69.5 Å². The molecule has 0 saturated carbocycles. The lowest BCUT2D eigenvalue weighted by atomic mass is 10.0. The second-order valence-electron chi connectivity index (χ2n) is 6.04. The second-order valence-corrected chi connectivity index (χ2v) is 6.98. The van der Waals surface area contributed by atoms with E-state index in [1.165, 1.54) is 22.5 Å². The Kier molecular flexibility index (Phi) is 4.76. The number of hydrogen-bond donors (Lipinski definition) is 1. The van der Waals surface area contributed by atoms with Gasteiger partial charge in [-0.3, -0.25) is 4.79 Å². The molecule has 0 atom stereocenters. The molecule has 1 aromatic heterocycles. The van der Waals surface area contributed by atoms with E-state index in [4.69, 9.17) is 0 Å². The van der Waals surface area contributed by atoms with Crippen molar-refractivity contribution in [3.63, 3.8) is 0 Å². The Morgan fingerprint density at radius 3 is 2.67 bits per heavy atom. The summed E-state index contributed by atoms with van der Waals surface area (Å²) in [6, 6.07) is 14.1. The van der Waals surface area contributed by atoms with Gasteiger partial charge in [-0.15, -0.1) is 11.3 Å². The highest BCUT2D eigenvalue weighted by Gasteiger charge is 2.11. The van der Waals surface area contributed by atoms with Gasteiger partial charge >= 0.3 is 0 Å². The van der Waals surface area contributed by atoms with E-state index in [1.807, 2.05) is 36.6 Å². The maximum absolute atomic E-state index is 12.2. The van der Waals surface area contributed by atoms with E-state index in [9.17, 15) is 4.79 Å². The standard InChI is InChI=1S/C20H20N2OS/c1-13-5-4-6-16(9-13)21-19(23)11-20-22-18(12-24-20)17-10-14(2)7-8-15(17)3/h4-10,12H,11H2,1-3H3,(H,21,23). The monoisotopic (exact) mass is 336 g/mol. The maximum atomic E-state index is 12.2. The molecular weight excluding hydrogens is 316 g/mol. The third-order valence-electron chi connectivity index (χ3n) is 3.83. The summed E-state index contributed by atoms with van der Waals surface area (Å²) < 4.78 is 0. The Morgan fingerprint density at radius 2 is 1.88 bits per heavy atom. The molecule has 122 valence electrons. The van der Waals surface area contributed by atoms with E-state index in [-0.39, 0.29) is 5.91 Å². The molecule has 1 N–H and O–H groups in total. The number of nitrogens with zero attached hydrogens (tertiary/aromatic N) is 1. The minimum Gasteiger partial charge on any atom is -0.326 e. The number of hydrogen-bond acceptors (Lipinski definition) is 3. The van der Waals surface area contributed by atoms with Crippen LogP contribution in [0.5, 0.6) is 0 Å². The molecule has 0 aliphatic carbocycles. The zero-order chi connectivity index (χ0) is 17.1. The SMILES string of the molecule is Cc1cccc(NC(=O)Cc2nc(-c3cc(C)ccc3C)cs2)c1. The summed E-state index contributed by atoms with van der Waals surface area (Å²) in [5.74, 6) is -0.0394. The Balaban J connectivity index is 1.72. The van der Waals surface area contributed by atoms with Crippen molar-refractivity contribution in [1.82, 2.24) is 4.98 Å². The van der Waals surface area contributed by atoms with Crippen LogP contribution < -0.4 is 5.32 Å². The number of anilines is 1. The van der Waals surface area contributed by atoms with Crippen LogP contribution in [0.2, 0.25) is 0 Å². The number of thiazole rings is 1. The van der Waals surface area contributed by atoms with Gasteiger partial charge in [-0.2, -0.15) is 0 Å². The summed E-state index contributed by atoms with van der Waals surface area (Å²) in [5.41, 5.74) is 6.44. The van der Waals surface area contributed by atoms with Crippen molar-refractivity contribution < 1.29 is 4.79 Å². The summed E-state index contributed by atoms with van der Waals surface area (Å²) in [5, 5.41) is 5.78. The van der Waals surface area contributed by atoms with Gasteiger partial charge in [0.1, 0.15) is 5.01 Å². The first-order chi connectivity index (χ1) is 11.5. The molecular formula is C20H20N2OS. The highest BCUT2D eigenvalue weighted by Crippen LogP contribution is 2.26. The number of benzene rings is 2. The molecule has 3 nitrogen and oxygen atoms in total. The zero-order valence-electron chi connectivity index (χ0n) is 14.1. The van der Waals surface area contributed by atoms with E-state index >= 15 is 0 Å². The molecule has 0 saturated heterocycles. The van der Waals surface area contributed by atoms with Crippen molar-refractivity contribution >= 4 is 22.9 Å². The van der Waals surface area contributed by atoms with Gasteiger partial charge in [0.2, 0.25) is 5.91 Å². The third kappa shape index (κ3) is 3.89. The van der Waals surface area contributed by atoms with Crippen LogP contribution in [0.1, 0.15) is 21.7 Å². The Hall–Kier alpha value is -2.46. The average Bonchev–Trinajstić information content (AvgIpc) is 2.97. The van der Waals surface area contributed by atoms with Crippen LogP contribution in [0.25, 0.3) is 11.3 Å². The molecule has 0 bridgehead atoms. The number of carbonyl (C=O) groups is 1. The van der Waals surface area contributed by atoms with Gasteiger partial charge in [-0.1, -0.05) is 29.8 Å². The molecule has 1 amide bonds. The van der Waals surface area contributed by atoms with Gasteiger partial charge in [0.15, 0.2) is 0 Å². The lowest BCUT2D eigenvalue weighted by Crippen LogP contribution is -2.14. The fourth-order valence-corrected chi connectivity index (χ4v) is 3.39. The molecule has 0 aliphatic heterocycles. The van der Waals surface area contributed by atoms with Gasteiger partial charge in [-0.05, 0) is 50.1 Å². The topological polar surface area (TPSA) is 42.0 Å². The fourth-order valence-electron chi connectivity index (χ4n) is 2.59. The number of nitrogens with one attached hydrogen (secondary N) is 1. The average molecular weight is 336 g/mol. The summed E-state index contributed by atoms with van der Waals surface area (Å²) in [6.45, 7) is 6.16. The molecule has 0 radical (unpaired) electrons. The number of aromatic nitrogens is 1. The minimum atomic E-state index is -0.0394. The van der Waals surface area contributed by atoms with Crippen LogP contribution in [0.4, 0.5) is 5.69 Å². The second kappa shape index (κ2) is 6.97. The van der Waals surface area contributed by atoms with Crippen molar-refractivity contribution in [2.45, 2.75) is 27.2 Å². The number of amides is 1. The fraction of sp³-hybridized carbons (Fsp3) is 0.200. The van der Waals surface area contributed by atoms with E-state index in [2.05, 4.69) is 42.3 Å². The van der Waals surface area contributed by atoms with Gasteiger partial charge < -0.3 is 5.32 Å². The molecule has 2 aromatic carbocycles. The van der Waals surface area contributed by atoms with E-state index in [0.717, 1.165) is 27.5 Å². The van der Waals surface area contributed by atoms with Crippen molar-refractivity contribution in [2.24, 2.45) is 0 Å². The summed E-state index contributed by atoms with van der Waals surface area (Å²) in [7, 11) is 0. The van der Waals surface area contributed by atoms with Gasteiger partial charge in [0.05, 0.1) is 12.1 Å². The minimum absolute atomic E-state index is 0.0394. The highest BCUT2D eigenvalue weighted by atomic mass is 32.1. The smallest absolute Gasteiger partial charge is 0.231 e. The molecule has 1 heterocycles. The first kappa shape index (κ1) is 16.4. The Labute approximate surface area is 146 Å². The van der Waals surface area contributed by atoms with Gasteiger partial charge in [0.25, 0.3) is 0 Å². The molecule has 3 aromatic rings. The summed E-state index contributed by atoms with van der Waals surface area (Å²) in [4.78, 5) is 16.9. The van der Waals surface area contributed by atoms with Crippen LogP contribution in [0.3, 0.4) is 0 Å². The highest BCUT2D eigenvalue weighted by molar-refractivity contribution is 7.10. The quantitative estimate of drug-likeness (QED) is 0.735. The zero-order valence-corrected chi connectivity index (χ0v) is 14.9. The third-order valence-corrected chi connectivity index (χ3v) is 4.68. The largest absolute Gasteiger partial charge is 0.326 e. The molecule has 0 fully saturated rings. The van der Waals surface area contributed by atoms with Crippen LogP contribution in [0.15, 0.2) is 47.8 Å². The van der Waals surface area contributed by atoms with E-state index in [0.29, 0.717) is 6.42 Å². The Morgan fingerprint density at radius 1 is 1.08 bits per heavy atom. The lowest BCUT2D eigenvalue weighted by molar-refractivity contribution is -0.115. The van der Waals surface area contributed by atoms with Crippen LogP contribution in [-0.4, -0.2) is 10.9 Å². The van der Waals surface area contributed by atoms with Crippen LogP contribution in [-0.2, 0) is 11.2 Å². The van der Waals surface area contributed by atoms with Crippen LogP contribution in [0, 0.1) is 20.8 Å². The lowest BCUT2D eigenvalue weighted by Gasteiger charge is -2.05. The molecule has 0 aliphatic rings. The van der Waals surface area contributed by atoms with Crippen molar-refractivity contribution in [3.8, 4) is 11.3 Å². The molecule has 3 rings (SSSR count). The van der Waals surface area contributed by atoms with Crippen LogP contribution >= 0.6 is 11.3 Å². The molecule has 24 heavy (non-hydrogen) atoms. The van der Waals surface area contributed by atoms with Gasteiger partial charge in [-0.25, -0.2) is 4.98 Å². The number of aryl methyl sites for hydroxylation is 3. The van der Waals surface area contributed by atoms with E-state index < -0.39 is 0 Å². The van der Waals surface area contributed by atoms with Crippen molar-refractivity contribution in [1.29, 1.82) is 0 Å². The summed E-state index contributed by atoms with van der Waals surface area (Å²) >= 11 is 1.53. The molecule has 4 heteroatoms. The number of carbonyl (C=O) groups excluding carboxylic acids is 1. The maximum Gasteiger partial charge on any atom is 0.231 e. The first-order valence-corrected chi connectivity index (χ1v) is 8.78. The predicted molar refractivity (Wildman–Crippen MR) is 101 cm³/mol. The molecule has 0 spiro atoms. The number of rotatable bonds is 4. The van der Waals surface area contributed by atoms with Crippen molar-refractivity contribution in [2.75, 3.05) is 5.32 Å². The van der Waals surface area contributed by atoms with E-state index in [1.54, 1.807) is 0 Å². The predicted octanol–water partition coefficient (Wildman–Crippen LogP) is 4.92. The Bertz CT molecular complexity index is 883.